The van der Waals surface area contributed by atoms with E-state index in [0.29, 0.717) is 0 Å². The van der Waals surface area contributed by atoms with E-state index in [4.69, 9.17) is 0 Å². The minimum absolute atomic E-state index is 1.24. The van der Waals surface area contributed by atoms with E-state index in [9.17, 15) is 0 Å². The molecule has 0 saturated carbocycles. The molecule has 0 bridgehead atoms. The van der Waals surface area contributed by atoms with Crippen molar-refractivity contribution < 1.29 is 0 Å². The summed E-state index contributed by atoms with van der Waals surface area (Å²) in [7, 11) is 0. The van der Waals surface area contributed by atoms with Gasteiger partial charge in [-0.25, -0.2) is 0 Å². The van der Waals surface area contributed by atoms with Gasteiger partial charge in [-0.2, -0.15) is 0 Å². The van der Waals surface area contributed by atoms with Gasteiger partial charge in [-0.05, 0) is 43.5 Å². The Bertz CT molecular complexity index is 274. The summed E-state index contributed by atoms with van der Waals surface area (Å²) in [5.41, 5.74) is 3.84. The van der Waals surface area contributed by atoms with Crippen molar-refractivity contribution in [2.45, 2.75) is 48.5 Å². The number of allylic oxidation sites excluding steroid dienone is 2. The monoisotopic (exact) mass is 207 g/mol. The van der Waals surface area contributed by atoms with Crippen LogP contribution in [0.5, 0.6) is 0 Å². The van der Waals surface area contributed by atoms with Gasteiger partial charge < -0.3 is 0 Å². The van der Waals surface area contributed by atoms with E-state index in [1.54, 1.807) is 0 Å². The zero-order chi connectivity index (χ0) is 12.3. The molecule has 86 valence electrons. The summed E-state index contributed by atoms with van der Waals surface area (Å²) in [5.74, 6) is 0. The summed E-state index contributed by atoms with van der Waals surface area (Å²) < 4.78 is 0. The van der Waals surface area contributed by atoms with Gasteiger partial charge in [-0.1, -0.05) is 33.8 Å². The van der Waals surface area contributed by atoms with Crippen LogP contribution in [0.4, 0.5) is 0 Å². The maximum atomic E-state index is 4.03. The van der Waals surface area contributed by atoms with E-state index < -0.39 is 0 Å². The average Bonchev–Trinajstić information content (AvgIpc) is 2.34. The Morgan fingerprint density at radius 1 is 1.20 bits per heavy atom. The van der Waals surface area contributed by atoms with Gasteiger partial charge in [-0.15, -0.1) is 0 Å². The molecule has 15 heavy (non-hydrogen) atoms. The van der Waals surface area contributed by atoms with Gasteiger partial charge in [0.15, 0.2) is 0 Å². The molecule has 1 heteroatoms. The zero-order valence-corrected chi connectivity index (χ0v) is 11.3. The Kier molecular flexibility index (Phi) is 11.9. The molecule has 1 rings (SSSR count). The number of nitrogens with zero attached hydrogens (tertiary/aromatic N) is 1. The third-order valence-corrected chi connectivity index (χ3v) is 1.88. The maximum absolute atomic E-state index is 4.03. The summed E-state index contributed by atoms with van der Waals surface area (Å²) in [6.07, 6.45) is 5.83. The van der Waals surface area contributed by atoms with Gasteiger partial charge in [0, 0.05) is 12.4 Å². The van der Waals surface area contributed by atoms with E-state index >= 15 is 0 Å². The average molecular weight is 207 g/mol. The van der Waals surface area contributed by atoms with Crippen LogP contribution in [0.25, 0.3) is 5.57 Å². The van der Waals surface area contributed by atoms with Gasteiger partial charge in [0.2, 0.25) is 0 Å². The van der Waals surface area contributed by atoms with Gasteiger partial charge in [0.1, 0.15) is 0 Å². The van der Waals surface area contributed by atoms with Crippen molar-refractivity contribution >= 4 is 5.57 Å². The normalized spacial score (nSPS) is 9.40. The number of aryl methyl sites for hydroxylation is 1. The van der Waals surface area contributed by atoms with E-state index in [0.717, 1.165) is 0 Å². The Labute approximate surface area is 95.3 Å². The van der Waals surface area contributed by atoms with Crippen LogP contribution in [0.1, 0.15) is 52.7 Å². The third kappa shape index (κ3) is 6.05. The Balaban J connectivity index is 0. The number of hydrogen-bond acceptors (Lipinski definition) is 1. The first-order valence-electron chi connectivity index (χ1n) is 5.79. The van der Waals surface area contributed by atoms with Crippen LogP contribution in [0.15, 0.2) is 24.5 Å². The maximum Gasteiger partial charge on any atom is 0.0303 e. The molecule has 0 spiro atoms. The third-order valence-electron chi connectivity index (χ3n) is 1.88. The summed E-state index contributed by atoms with van der Waals surface area (Å²) in [5, 5.41) is 0. The molecule has 0 N–H and O–H groups in total. The molecular formula is C14H25N. The van der Waals surface area contributed by atoms with Crippen molar-refractivity contribution in [2.24, 2.45) is 0 Å². The fourth-order valence-corrected chi connectivity index (χ4v) is 1.07. The second-order valence-electron chi connectivity index (χ2n) is 2.66. The highest BCUT2D eigenvalue weighted by Crippen LogP contribution is 2.15. The SMILES string of the molecule is C/C=C(/C)c1ccncc1C.CC.CC. The first kappa shape index (κ1) is 16.3. The summed E-state index contributed by atoms with van der Waals surface area (Å²) in [4.78, 5) is 4.03. The topological polar surface area (TPSA) is 12.9 Å². The van der Waals surface area contributed by atoms with Crippen molar-refractivity contribution in [3.63, 3.8) is 0 Å². The summed E-state index contributed by atoms with van der Waals surface area (Å²) >= 11 is 0. The van der Waals surface area contributed by atoms with Gasteiger partial charge in [0.05, 0.1) is 0 Å². The van der Waals surface area contributed by atoms with Gasteiger partial charge in [0.25, 0.3) is 0 Å². The van der Waals surface area contributed by atoms with Crippen molar-refractivity contribution in [1.29, 1.82) is 0 Å². The van der Waals surface area contributed by atoms with Crippen molar-refractivity contribution in [3.8, 4) is 0 Å². The van der Waals surface area contributed by atoms with Gasteiger partial charge >= 0.3 is 0 Å². The first-order valence-corrected chi connectivity index (χ1v) is 5.79. The molecule has 0 amide bonds. The number of pyridine rings is 1. The molecule has 1 aromatic heterocycles. The standard InChI is InChI=1S/C10H13N.2C2H6/c1-4-8(2)10-5-6-11-7-9(10)3;2*1-2/h4-7H,1-3H3;2*1-2H3/b8-4-;;. The molecule has 0 fully saturated rings. The smallest absolute Gasteiger partial charge is 0.0303 e. The summed E-state index contributed by atoms with van der Waals surface area (Å²) in [6, 6.07) is 2.05. The Morgan fingerprint density at radius 3 is 2.13 bits per heavy atom. The Morgan fingerprint density at radius 2 is 1.73 bits per heavy atom. The molecule has 0 aliphatic rings. The quantitative estimate of drug-likeness (QED) is 0.640. The second kappa shape index (κ2) is 11.0. The highest BCUT2D eigenvalue weighted by molar-refractivity contribution is 5.65. The van der Waals surface area contributed by atoms with E-state index in [1.807, 2.05) is 46.2 Å². The fraction of sp³-hybridized carbons (Fsp3) is 0.500. The molecule has 1 heterocycles. The molecular weight excluding hydrogens is 182 g/mol. The largest absolute Gasteiger partial charge is 0.264 e. The number of rotatable bonds is 1. The highest BCUT2D eigenvalue weighted by Gasteiger charge is 1.96. The molecule has 1 aromatic rings. The van der Waals surface area contributed by atoms with Crippen LogP contribution in [0.2, 0.25) is 0 Å². The minimum atomic E-state index is 1.24. The first-order chi connectivity index (χ1) is 7.25. The van der Waals surface area contributed by atoms with Crippen molar-refractivity contribution in [2.75, 3.05) is 0 Å². The molecule has 0 atom stereocenters. The lowest BCUT2D eigenvalue weighted by atomic mass is 10.0. The molecule has 0 aliphatic carbocycles. The van der Waals surface area contributed by atoms with Crippen LogP contribution in [0.3, 0.4) is 0 Å². The van der Waals surface area contributed by atoms with Crippen molar-refractivity contribution in [3.05, 3.63) is 35.7 Å². The summed E-state index contributed by atoms with van der Waals surface area (Å²) in [6.45, 7) is 14.2. The molecule has 1 nitrogen and oxygen atoms in total. The molecule has 0 aliphatic heterocycles. The fourth-order valence-electron chi connectivity index (χ4n) is 1.07. The van der Waals surface area contributed by atoms with E-state index in [2.05, 4.69) is 31.8 Å². The van der Waals surface area contributed by atoms with Crippen LogP contribution in [-0.4, -0.2) is 4.98 Å². The highest BCUT2D eigenvalue weighted by atomic mass is 14.6. The lowest BCUT2D eigenvalue weighted by molar-refractivity contribution is 1.25. The van der Waals surface area contributed by atoms with Crippen LogP contribution in [0, 0.1) is 6.92 Å². The zero-order valence-electron chi connectivity index (χ0n) is 11.3. The van der Waals surface area contributed by atoms with E-state index in [-0.39, 0.29) is 0 Å². The molecule has 0 saturated heterocycles. The molecule has 0 aromatic carbocycles. The predicted molar refractivity (Wildman–Crippen MR) is 71.0 cm³/mol. The van der Waals surface area contributed by atoms with Crippen LogP contribution >= 0.6 is 0 Å². The second-order valence-corrected chi connectivity index (χ2v) is 2.66. The van der Waals surface area contributed by atoms with Crippen LogP contribution in [-0.2, 0) is 0 Å². The van der Waals surface area contributed by atoms with Gasteiger partial charge in [-0.3, -0.25) is 4.98 Å². The lowest BCUT2D eigenvalue weighted by Gasteiger charge is -2.03. The number of aromatic nitrogens is 1. The lowest BCUT2D eigenvalue weighted by Crippen LogP contribution is -1.85. The Hall–Kier alpha value is -1.11. The molecule has 0 radical (unpaired) electrons. The molecule has 0 unspecified atom stereocenters. The van der Waals surface area contributed by atoms with Crippen LogP contribution < -0.4 is 0 Å². The minimum Gasteiger partial charge on any atom is -0.264 e. The predicted octanol–water partition coefficient (Wildman–Crippen LogP) is 4.87. The van der Waals surface area contributed by atoms with Crippen molar-refractivity contribution in [1.82, 2.24) is 4.98 Å². The van der Waals surface area contributed by atoms with E-state index in [1.165, 1.54) is 16.7 Å². The number of hydrogen-bond donors (Lipinski definition) is 0.